The molecule has 2 rings (SSSR count). The minimum Gasteiger partial charge on any atom is -0.379 e. The van der Waals surface area contributed by atoms with Crippen LogP contribution in [0.4, 0.5) is 5.69 Å². The predicted octanol–water partition coefficient (Wildman–Crippen LogP) is 2.79. The first kappa shape index (κ1) is 13.2. The van der Waals surface area contributed by atoms with Gasteiger partial charge in [0.05, 0.1) is 11.2 Å². The van der Waals surface area contributed by atoms with Crippen molar-refractivity contribution in [2.24, 2.45) is 11.7 Å². The first-order chi connectivity index (χ1) is 8.61. The number of nitrogens with zero attached hydrogens (tertiary/aromatic N) is 2. The molecule has 0 aliphatic rings. The third-order valence-corrected chi connectivity index (χ3v) is 3.38. The quantitative estimate of drug-likeness (QED) is 0.911. The standard InChI is InChI=1S/C13H17BrN4/c1-8(2)12(6-15)18-10-3-4-16-11-5-9(14)7-17-13(10)11/h3-5,7-8,12H,6,15H2,1-2H3,(H,16,18). The monoisotopic (exact) mass is 308 g/mol. The second-order valence-electron chi connectivity index (χ2n) is 4.61. The summed E-state index contributed by atoms with van der Waals surface area (Å²) in [6.45, 7) is 4.90. The lowest BCUT2D eigenvalue weighted by Crippen LogP contribution is -2.33. The van der Waals surface area contributed by atoms with Crippen molar-refractivity contribution in [2.45, 2.75) is 19.9 Å². The number of pyridine rings is 2. The summed E-state index contributed by atoms with van der Waals surface area (Å²) < 4.78 is 0.930. The van der Waals surface area contributed by atoms with Gasteiger partial charge in [0, 0.05) is 29.5 Å². The van der Waals surface area contributed by atoms with Gasteiger partial charge in [-0.1, -0.05) is 13.8 Å². The maximum absolute atomic E-state index is 5.78. The van der Waals surface area contributed by atoms with Crippen molar-refractivity contribution in [1.82, 2.24) is 9.97 Å². The largest absolute Gasteiger partial charge is 0.379 e. The van der Waals surface area contributed by atoms with Gasteiger partial charge in [-0.2, -0.15) is 0 Å². The van der Waals surface area contributed by atoms with Gasteiger partial charge < -0.3 is 11.1 Å². The van der Waals surface area contributed by atoms with Crippen molar-refractivity contribution >= 4 is 32.7 Å². The maximum atomic E-state index is 5.78. The van der Waals surface area contributed by atoms with E-state index in [4.69, 9.17) is 5.73 Å². The Morgan fingerprint density at radius 1 is 1.39 bits per heavy atom. The van der Waals surface area contributed by atoms with Crippen molar-refractivity contribution in [3.05, 3.63) is 29.0 Å². The molecule has 0 fully saturated rings. The Hall–Kier alpha value is -1.20. The average Bonchev–Trinajstić information content (AvgIpc) is 2.35. The van der Waals surface area contributed by atoms with Crippen molar-refractivity contribution < 1.29 is 0 Å². The molecule has 5 heteroatoms. The van der Waals surface area contributed by atoms with Crippen LogP contribution in [0, 0.1) is 5.92 Å². The first-order valence-electron chi connectivity index (χ1n) is 5.98. The summed E-state index contributed by atoms with van der Waals surface area (Å²) in [7, 11) is 0. The second kappa shape index (κ2) is 5.63. The number of fused-ring (bicyclic) bond motifs is 1. The molecule has 0 amide bonds. The van der Waals surface area contributed by atoms with Crippen LogP contribution in [0.1, 0.15) is 13.8 Å². The van der Waals surface area contributed by atoms with E-state index in [-0.39, 0.29) is 6.04 Å². The van der Waals surface area contributed by atoms with Gasteiger partial charge in [0.1, 0.15) is 5.52 Å². The Kier molecular flexibility index (Phi) is 4.14. The summed E-state index contributed by atoms with van der Waals surface area (Å²) >= 11 is 3.40. The fourth-order valence-corrected chi connectivity index (χ4v) is 2.14. The smallest absolute Gasteiger partial charge is 0.112 e. The summed E-state index contributed by atoms with van der Waals surface area (Å²) in [6, 6.07) is 4.13. The number of hydrogen-bond acceptors (Lipinski definition) is 4. The Bertz CT molecular complexity index is 542. The van der Waals surface area contributed by atoms with Crippen molar-refractivity contribution in [2.75, 3.05) is 11.9 Å². The lowest BCUT2D eigenvalue weighted by Gasteiger charge is -2.22. The van der Waals surface area contributed by atoms with Crippen LogP contribution in [-0.4, -0.2) is 22.6 Å². The summed E-state index contributed by atoms with van der Waals surface area (Å²) in [6.07, 6.45) is 3.56. The second-order valence-corrected chi connectivity index (χ2v) is 5.53. The van der Waals surface area contributed by atoms with Crippen LogP contribution in [0.2, 0.25) is 0 Å². The Morgan fingerprint density at radius 2 is 2.17 bits per heavy atom. The summed E-state index contributed by atoms with van der Waals surface area (Å²) in [4.78, 5) is 8.73. The van der Waals surface area contributed by atoms with Crippen molar-refractivity contribution in [3.63, 3.8) is 0 Å². The number of halogens is 1. The predicted molar refractivity (Wildman–Crippen MR) is 78.5 cm³/mol. The molecule has 0 saturated carbocycles. The van der Waals surface area contributed by atoms with Gasteiger partial charge >= 0.3 is 0 Å². The third-order valence-electron chi connectivity index (χ3n) is 2.94. The third kappa shape index (κ3) is 2.79. The van der Waals surface area contributed by atoms with Crippen LogP contribution in [0.15, 0.2) is 29.0 Å². The van der Waals surface area contributed by atoms with Crippen LogP contribution >= 0.6 is 15.9 Å². The van der Waals surface area contributed by atoms with Gasteiger partial charge in [-0.3, -0.25) is 9.97 Å². The Labute approximate surface area is 115 Å². The van der Waals surface area contributed by atoms with Crippen molar-refractivity contribution in [3.8, 4) is 0 Å². The number of nitrogens with one attached hydrogen (secondary N) is 1. The molecule has 2 heterocycles. The average molecular weight is 309 g/mol. The molecule has 1 atom stereocenters. The molecule has 2 aromatic rings. The number of nitrogens with two attached hydrogens (primary N) is 1. The van der Waals surface area contributed by atoms with E-state index < -0.39 is 0 Å². The molecule has 0 spiro atoms. The number of hydrogen-bond donors (Lipinski definition) is 2. The lowest BCUT2D eigenvalue weighted by molar-refractivity contribution is 0.532. The maximum Gasteiger partial charge on any atom is 0.112 e. The highest BCUT2D eigenvalue weighted by Crippen LogP contribution is 2.23. The van der Waals surface area contributed by atoms with Crippen LogP contribution in [0.5, 0.6) is 0 Å². The van der Waals surface area contributed by atoms with E-state index in [9.17, 15) is 0 Å². The molecule has 4 nitrogen and oxygen atoms in total. The molecule has 2 aromatic heterocycles. The van der Waals surface area contributed by atoms with Gasteiger partial charge in [-0.05, 0) is 34.0 Å². The highest BCUT2D eigenvalue weighted by atomic mass is 79.9. The zero-order valence-corrected chi connectivity index (χ0v) is 12.1. The van der Waals surface area contributed by atoms with E-state index in [1.54, 1.807) is 12.4 Å². The van der Waals surface area contributed by atoms with E-state index in [1.165, 1.54) is 0 Å². The highest BCUT2D eigenvalue weighted by molar-refractivity contribution is 9.10. The topological polar surface area (TPSA) is 63.8 Å². The highest BCUT2D eigenvalue weighted by Gasteiger charge is 2.13. The summed E-state index contributed by atoms with van der Waals surface area (Å²) in [5.41, 5.74) is 8.51. The molecule has 0 aliphatic heterocycles. The summed E-state index contributed by atoms with van der Waals surface area (Å²) in [5.74, 6) is 0.466. The van der Waals surface area contributed by atoms with Gasteiger partial charge in [0.15, 0.2) is 0 Å². The molecule has 0 aliphatic carbocycles. The molecule has 3 N–H and O–H groups in total. The van der Waals surface area contributed by atoms with Crippen LogP contribution in [0.3, 0.4) is 0 Å². The van der Waals surface area contributed by atoms with E-state index in [0.29, 0.717) is 12.5 Å². The first-order valence-corrected chi connectivity index (χ1v) is 6.78. The molecule has 0 bridgehead atoms. The molecular formula is C13H17BrN4. The van der Waals surface area contributed by atoms with Crippen LogP contribution in [0.25, 0.3) is 11.0 Å². The van der Waals surface area contributed by atoms with Crippen molar-refractivity contribution in [1.29, 1.82) is 0 Å². The molecule has 18 heavy (non-hydrogen) atoms. The van der Waals surface area contributed by atoms with Crippen LogP contribution < -0.4 is 11.1 Å². The van der Waals surface area contributed by atoms with Gasteiger partial charge in [-0.15, -0.1) is 0 Å². The fraction of sp³-hybridized carbons (Fsp3) is 0.385. The minimum atomic E-state index is 0.237. The van der Waals surface area contributed by atoms with E-state index in [1.807, 2.05) is 12.1 Å². The number of aromatic nitrogens is 2. The normalized spacial score (nSPS) is 12.9. The molecular weight excluding hydrogens is 292 g/mol. The molecule has 1 unspecified atom stereocenters. The zero-order chi connectivity index (χ0) is 13.1. The Morgan fingerprint density at radius 3 is 2.83 bits per heavy atom. The number of anilines is 1. The SMILES string of the molecule is CC(C)C(CN)Nc1ccnc2cc(Br)cnc12. The van der Waals surface area contributed by atoms with E-state index in [0.717, 1.165) is 21.2 Å². The van der Waals surface area contributed by atoms with Gasteiger partial charge in [0.25, 0.3) is 0 Å². The summed E-state index contributed by atoms with van der Waals surface area (Å²) in [5, 5.41) is 3.45. The molecule has 0 saturated heterocycles. The van der Waals surface area contributed by atoms with Gasteiger partial charge in [-0.25, -0.2) is 0 Å². The van der Waals surface area contributed by atoms with E-state index >= 15 is 0 Å². The van der Waals surface area contributed by atoms with Gasteiger partial charge in [0.2, 0.25) is 0 Å². The molecule has 0 aromatic carbocycles. The molecule has 96 valence electrons. The lowest BCUT2D eigenvalue weighted by atomic mass is 10.0. The minimum absolute atomic E-state index is 0.237. The fourth-order valence-electron chi connectivity index (χ4n) is 1.82. The molecule has 0 radical (unpaired) electrons. The number of rotatable bonds is 4. The Balaban J connectivity index is 2.39. The van der Waals surface area contributed by atoms with Crippen LogP contribution in [-0.2, 0) is 0 Å². The zero-order valence-electron chi connectivity index (χ0n) is 10.5. The van der Waals surface area contributed by atoms with E-state index in [2.05, 4.69) is 45.1 Å².